The van der Waals surface area contributed by atoms with Gasteiger partial charge in [-0.1, -0.05) is 12.8 Å². The van der Waals surface area contributed by atoms with E-state index in [2.05, 4.69) is 17.0 Å². The molecule has 4 nitrogen and oxygen atoms in total. The van der Waals surface area contributed by atoms with E-state index in [9.17, 15) is 4.79 Å². The minimum absolute atomic E-state index is 0.275. The Morgan fingerprint density at radius 1 is 1.12 bits per heavy atom. The highest BCUT2D eigenvalue weighted by atomic mass is 16.5. The monoisotopic (exact) mass is 342 g/mol. The fraction of sp³-hybridized carbons (Fsp3) is 0.667. The van der Waals surface area contributed by atoms with Crippen molar-refractivity contribution >= 4 is 11.6 Å². The van der Waals surface area contributed by atoms with Gasteiger partial charge in [-0.15, -0.1) is 0 Å². The van der Waals surface area contributed by atoms with Crippen molar-refractivity contribution in [1.82, 2.24) is 4.90 Å². The first kappa shape index (κ1) is 16.9. The van der Waals surface area contributed by atoms with Crippen LogP contribution in [0.2, 0.25) is 0 Å². The van der Waals surface area contributed by atoms with Gasteiger partial charge in [0.1, 0.15) is 5.75 Å². The third-order valence-electron chi connectivity index (χ3n) is 6.40. The van der Waals surface area contributed by atoms with Crippen molar-refractivity contribution in [3.8, 4) is 5.75 Å². The van der Waals surface area contributed by atoms with Gasteiger partial charge in [-0.05, 0) is 74.8 Å². The van der Waals surface area contributed by atoms with Crippen LogP contribution >= 0.6 is 0 Å². The van der Waals surface area contributed by atoms with Gasteiger partial charge >= 0.3 is 0 Å². The number of rotatable bonds is 3. The Balaban J connectivity index is 1.48. The number of hydrogen-bond acceptors (Lipinski definition) is 3. The molecule has 1 saturated heterocycles. The van der Waals surface area contributed by atoms with E-state index >= 15 is 0 Å². The van der Waals surface area contributed by atoms with Gasteiger partial charge in [-0.25, -0.2) is 0 Å². The minimum Gasteiger partial charge on any atom is -0.497 e. The van der Waals surface area contributed by atoms with Crippen molar-refractivity contribution in [2.24, 2.45) is 5.92 Å². The van der Waals surface area contributed by atoms with Crippen molar-refractivity contribution in [2.75, 3.05) is 31.6 Å². The van der Waals surface area contributed by atoms with Crippen LogP contribution < -0.4 is 9.64 Å². The number of nitrogens with zero attached hydrogens (tertiary/aromatic N) is 2. The van der Waals surface area contributed by atoms with Crippen LogP contribution in [0.1, 0.15) is 50.5 Å². The first-order valence-electron chi connectivity index (χ1n) is 9.97. The summed E-state index contributed by atoms with van der Waals surface area (Å²) in [5.74, 6) is 1.99. The zero-order valence-electron chi connectivity index (χ0n) is 15.4. The number of aryl methyl sites for hydroxylation is 1. The summed E-state index contributed by atoms with van der Waals surface area (Å²) in [5.41, 5.74) is 2.34. The average molecular weight is 342 g/mol. The Kier molecular flexibility index (Phi) is 4.98. The number of hydrogen-bond donors (Lipinski definition) is 0. The highest BCUT2D eigenvalue weighted by Crippen LogP contribution is 2.36. The van der Waals surface area contributed by atoms with Crippen LogP contribution in [0.25, 0.3) is 0 Å². The molecule has 0 unspecified atom stereocenters. The molecule has 136 valence electrons. The molecule has 2 heterocycles. The summed E-state index contributed by atoms with van der Waals surface area (Å²) in [6.45, 7) is 2.53. The topological polar surface area (TPSA) is 32.8 Å². The van der Waals surface area contributed by atoms with E-state index in [0.29, 0.717) is 12.6 Å². The van der Waals surface area contributed by atoms with E-state index in [0.717, 1.165) is 43.3 Å². The number of anilines is 1. The molecule has 25 heavy (non-hydrogen) atoms. The lowest BCUT2D eigenvalue weighted by Crippen LogP contribution is -2.51. The third-order valence-corrected chi connectivity index (χ3v) is 6.40. The van der Waals surface area contributed by atoms with E-state index < -0.39 is 0 Å². The third kappa shape index (κ3) is 3.41. The number of benzene rings is 1. The maximum atomic E-state index is 13.1. The fourth-order valence-corrected chi connectivity index (χ4v) is 5.14. The predicted molar refractivity (Wildman–Crippen MR) is 100 cm³/mol. The maximum absolute atomic E-state index is 13.1. The van der Waals surface area contributed by atoms with Crippen LogP contribution in [0, 0.1) is 5.92 Å². The molecule has 1 aromatic carbocycles. The normalized spacial score (nSPS) is 26.7. The van der Waals surface area contributed by atoms with Crippen LogP contribution in [0.15, 0.2) is 18.2 Å². The second kappa shape index (κ2) is 7.36. The number of carbonyl (C=O) groups excluding carboxylic acids is 1. The van der Waals surface area contributed by atoms with Gasteiger partial charge in [0.15, 0.2) is 0 Å². The first-order chi connectivity index (χ1) is 12.3. The first-order valence-corrected chi connectivity index (χ1v) is 9.97. The van der Waals surface area contributed by atoms with Crippen LogP contribution in [0.3, 0.4) is 0 Å². The van der Waals surface area contributed by atoms with Crippen molar-refractivity contribution in [2.45, 2.75) is 57.4 Å². The Hall–Kier alpha value is -1.55. The molecule has 0 aromatic heterocycles. The number of piperidine rings is 1. The zero-order valence-corrected chi connectivity index (χ0v) is 15.4. The van der Waals surface area contributed by atoms with Gasteiger partial charge < -0.3 is 9.64 Å². The molecule has 0 bridgehead atoms. The molecule has 1 saturated carbocycles. The van der Waals surface area contributed by atoms with Crippen LogP contribution in [-0.4, -0.2) is 43.6 Å². The van der Waals surface area contributed by atoms with E-state index in [4.69, 9.17) is 4.74 Å². The largest absolute Gasteiger partial charge is 0.497 e. The smallest absolute Gasteiger partial charge is 0.241 e. The Morgan fingerprint density at radius 2 is 1.96 bits per heavy atom. The van der Waals surface area contributed by atoms with Gasteiger partial charge in [0.25, 0.3) is 0 Å². The highest BCUT2D eigenvalue weighted by Gasteiger charge is 2.35. The standard InChI is InChI=1S/C21H30N2O2/c1-25-18-10-11-20-17(14-18)8-5-13-23(20)21(24)15-22-12-4-7-16-6-2-3-9-19(16)22/h10-11,14,16,19H,2-9,12-13,15H2,1H3/t16-,19-/m1/s1. The molecule has 3 aliphatic rings. The molecular formula is C21H30N2O2. The lowest BCUT2D eigenvalue weighted by atomic mass is 9.78. The molecule has 4 heteroatoms. The lowest BCUT2D eigenvalue weighted by molar-refractivity contribution is -0.121. The molecule has 0 N–H and O–H groups in total. The Labute approximate surface area is 151 Å². The zero-order chi connectivity index (χ0) is 17.2. The molecule has 0 spiro atoms. The SMILES string of the molecule is COc1ccc2c(c1)CCCN2C(=O)CN1CCC[C@H]2CCCC[C@H]21. The number of methoxy groups -OCH3 is 1. The quantitative estimate of drug-likeness (QED) is 0.841. The fourth-order valence-electron chi connectivity index (χ4n) is 5.14. The Morgan fingerprint density at radius 3 is 2.84 bits per heavy atom. The van der Waals surface area contributed by atoms with Crippen LogP contribution in [-0.2, 0) is 11.2 Å². The number of likely N-dealkylation sites (tertiary alicyclic amines) is 1. The molecule has 1 amide bonds. The van der Waals surface area contributed by atoms with Crippen molar-refractivity contribution < 1.29 is 9.53 Å². The maximum Gasteiger partial charge on any atom is 0.241 e. The number of ether oxygens (including phenoxy) is 1. The molecule has 2 fully saturated rings. The summed E-state index contributed by atoms with van der Waals surface area (Å²) < 4.78 is 5.34. The lowest BCUT2D eigenvalue weighted by Gasteiger charge is -2.44. The van der Waals surface area contributed by atoms with Crippen LogP contribution in [0.4, 0.5) is 5.69 Å². The van der Waals surface area contributed by atoms with Gasteiger partial charge in [0.2, 0.25) is 5.91 Å². The van der Waals surface area contributed by atoms with Crippen molar-refractivity contribution in [1.29, 1.82) is 0 Å². The summed E-state index contributed by atoms with van der Waals surface area (Å²) in [6, 6.07) is 6.77. The number of fused-ring (bicyclic) bond motifs is 2. The van der Waals surface area contributed by atoms with Gasteiger partial charge in [-0.3, -0.25) is 9.69 Å². The number of amides is 1. The van der Waals surface area contributed by atoms with Crippen molar-refractivity contribution in [3.05, 3.63) is 23.8 Å². The summed E-state index contributed by atoms with van der Waals surface area (Å²) in [5, 5.41) is 0. The predicted octanol–water partition coefficient (Wildman–Crippen LogP) is 3.63. The summed E-state index contributed by atoms with van der Waals surface area (Å²) in [7, 11) is 1.70. The molecule has 2 aliphatic heterocycles. The van der Waals surface area contributed by atoms with Crippen molar-refractivity contribution in [3.63, 3.8) is 0 Å². The van der Waals surface area contributed by atoms with E-state index in [-0.39, 0.29) is 5.91 Å². The van der Waals surface area contributed by atoms with Gasteiger partial charge in [-0.2, -0.15) is 0 Å². The van der Waals surface area contributed by atoms with E-state index in [1.165, 1.54) is 44.1 Å². The average Bonchev–Trinajstić information content (AvgIpc) is 2.67. The summed E-state index contributed by atoms with van der Waals surface area (Å²) in [6.07, 6.45) is 10.0. The van der Waals surface area contributed by atoms with Gasteiger partial charge in [0.05, 0.1) is 13.7 Å². The van der Waals surface area contributed by atoms with Crippen LogP contribution in [0.5, 0.6) is 5.75 Å². The molecule has 1 aliphatic carbocycles. The molecule has 0 radical (unpaired) electrons. The molecule has 1 aromatic rings. The number of carbonyl (C=O) groups is 1. The summed E-state index contributed by atoms with van der Waals surface area (Å²) in [4.78, 5) is 17.6. The minimum atomic E-state index is 0.275. The highest BCUT2D eigenvalue weighted by molar-refractivity contribution is 5.96. The molecular weight excluding hydrogens is 312 g/mol. The second-order valence-corrected chi connectivity index (χ2v) is 7.87. The van der Waals surface area contributed by atoms with E-state index in [1.807, 2.05) is 11.0 Å². The molecule has 2 atom stereocenters. The Bertz CT molecular complexity index is 628. The summed E-state index contributed by atoms with van der Waals surface area (Å²) >= 11 is 0. The molecule has 4 rings (SSSR count). The second-order valence-electron chi connectivity index (χ2n) is 7.87. The van der Waals surface area contributed by atoms with Gasteiger partial charge in [0, 0.05) is 18.3 Å². The van der Waals surface area contributed by atoms with E-state index in [1.54, 1.807) is 7.11 Å².